The minimum atomic E-state index is -0.999. The molecule has 0 aliphatic carbocycles. The van der Waals surface area contributed by atoms with Crippen LogP contribution in [0.2, 0.25) is 0 Å². The Labute approximate surface area is 148 Å². The summed E-state index contributed by atoms with van der Waals surface area (Å²) in [4.78, 5) is 27.3. The summed E-state index contributed by atoms with van der Waals surface area (Å²) in [6, 6.07) is 19.8. The topological polar surface area (TPSA) is 76.0 Å². The Kier molecular flexibility index (Phi) is 3.82. The number of cyclic esters (lactones) is 1. The molecule has 0 amide bonds. The highest BCUT2D eigenvalue weighted by molar-refractivity contribution is 6.13. The average Bonchev–Trinajstić information content (AvgIpc) is 3.02. The van der Waals surface area contributed by atoms with E-state index in [4.69, 9.17) is 9.84 Å². The lowest BCUT2D eigenvalue weighted by Gasteiger charge is -2.02. The summed E-state index contributed by atoms with van der Waals surface area (Å²) in [5, 5.41) is 11.1. The van der Waals surface area contributed by atoms with Crippen LogP contribution in [0.5, 0.6) is 0 Å². The lowest BCUT2D eigenvalue weighted by atomic mass is 10.1. The molecule has 3 aromatic rings. The van der Waals surface area contributed by atoms with Gasteiger partial charge >= 0.3 is 11.9 Å². The fraction of sp³-hybridized carbons (Fsp3) is 0. The predicted molar refractivity (Wildman–Crippen MR) is 98.0 cm³/mol. The first-order valence-corrected chi connectivity index (χ1v) is 7.95. The first-order valence-electron chi connectivity index (χ1n) is 7.95. The quantitative estimate of drug-likeness (QED) is 0.578. The van der Waals surface area contributed by atoms with Crippen LogP contribution in [0, 0.1) is 0 Å². The van der Waals surface area contributed by atoms with Crippen LogP contribution in [0.4, 0.5) is 0 Å². The molecule has 0 saturated carbocycles. The van der Waals surface area contributed by atoms with Crippen molar-refractivity contribution in [1.29, 1.82) is 0 Å². The van der Waals surface area contributed by atoms with Crippen LogP contribution in [-0.2, 0) is 9.53 Å². The molecule has 3 aromatic carbocycles. The second kappa shape index (κ2) is 6.29. The molecule has 1 aliphatic rings. The fourth-order valence-corrected chi connectivity index (χ4v) is 2.73. The van der Waals surface area contributed by atoms with E-state index < -0.39 is 11.9 Å². The van der Waals surface area contributed by atoms with Crippen LogP contribution in [-0.4, -0.2) is 22.9 Å². The fourth-order valence-electron chi connectivity index (χ4n) is 2.73. The molecule has 0 saturated heterocycles. The molecule has 0 atom stereocenters. The number of rotatable bonds is 3. The van der Waals surface area contributed by atoms with Crippen LogP contribution in [0.15, 0.2) is 77.4 Å². The highest BCUT2D eigenvalue weighted by Crippen LogP contribution is 2.22. The van der Waals surface area contributed by atoms with E-state index >= 15 is 0 Å². The summed E-state index contributed by atoms with van der Waals surface area (Å²) < 4.78 is 5.29. The van der Waals surface area contributed by atoms with E-state index in [2.05, 4.69) is 4.99 Å². The summed E-state index contributed by atoms with van der Waals surface area (Å²) in [6.45, 7) is 0. The Morgan fingerprint density at radius 2 is 1.69 bits per heavy atom. The Morgan fingerprint density at radius 1 is 0.962 bits per heavy atom. The molecule has 0 spiro atoms. The van der Waals surface area contributed by atoms with Gasteiger partial charge in [0, 0.05) is 5.56 Å². The second-order valence-corrected chi connectivity index (χ2v) is 5.83. The number of fused-ring (bicyclic) bond motifs is 1. The summed E-state index contributed by atoms with van der Waals surface area (Å²) in [5.41, 5.74) is 1.75. The van der Waals surface area contributed by atoms with E-state index in [-0.39, 0.29) is 17.2 Å². The number of carboxylic acid groups (broad SMARTS) is 1. The number of aliphatic imine (C=N–C) groups is 1. The van der Waals surface area contributed by atoms with Gasteiger partial charge < -0.3 is 9.84 Å². The lowest BCUT2D eigenvalue weighted by Crippen LogP contribution is -2.05. The Bertz CT molecular complexity index is 1090. The van der Waals surface area contributed by atoms with Crippen molar-refractivity contribution in [2.24, 2.45) is 4.99 Å². The Hall–Kier alpha value is -3.73. The van der Waals surface area contributed by atoms with E-state index in [1.807, 2.05) is 42.5 Å². The minimum absolute atomic E-state index is 0.177. The molecule has 5 heteroatoms. The Balaban J connectivity index is 1.66. The third-order valence-corrected chi connectivity index (χ3v) is 4.08. The van der Waals surface area contributed by atoms with Crippen molar-refractivity contribution in [3.63, 3.8) is 0 Å². The van der Waals surface area contributed by atoms with Crippen LogP contribution < -0.4 is 0 Å². The van der Waals surface area contributed by atoms with Crippen LogP contribution >= 0.6 is 0 Å². The highest BCUT2D eigenvalue weighted by atomic mass is 16.6. The van der Waals surface area contributed by atoms with Gasteiger partial charge in [0.2, 0.25) is 5.90 Å². The van der Waals surface area contributed by atoms with Gasteiger partial charge in [-0.05, 0) is 46.7 Å². The monoisotopic (exact) mass is 343 g/mol. The van der Waals surface area contributed by atoms with Crippen molar-refractivity contribution in [2.75, 3.05) is 0 Å². The van der Waals surface area contributed by atoms with Gasteiger partial charge in [0.25, 0.3) is 0 Å². The van der Waals surface area contributed by atoms with Gasteiger partial charge in [-0.3, -0.25) is 0 Å². The van der Waals surface area contributed by atoms with Gasteiger partial charge in [-0.2, -0.15) is 0 Å². The molecule has 1 aliphatic heterocycles. The summed E-state index contributed by atoms with van der Waals surface area (Å²) in [6.07, 6.45) is 1.57. The van der Waals surface area contributed by atoms with Crippen LogP contribution in [0.1, 0.15) is 21.5 Å². The molecule has 0 unspecified atom stereocenters. The number of carbonyl (C=O) groups is 2. The molecular formula is C21H13NO4. The van der Waals surface area contributed by atoms with Crippen molar-refractivity contribution in [1.82, 2.24) is 0 Å². The minimum Gasteiger partial charge on any atom is -0.478 e. The number of benzene rings is 3. The maximum Gasteiger partial charge on any atom is 0.363 e. The number of nitrogens with zero attached hydrogens (tertiary/aromatic N) is 1. The van der Waals surface area contributed by atoms with E-state index in [1.165, 1.54) is 12.1 Å². The zero-order valence-corrected chi connectivity index (χ0v) is 13.5. The highest BCUT2D eigenvalue weighted by Gasteiger charge is 2.24. The molecule has 0 aromatic heterocycles. The molecule has 0 bridgehead atoms. The smallest absolute Gasteiger partial charge is 0.363 e. The first kappa shape index (κ1) is 15.8. The van der Waals surface area contributed by atoms with Crippen molar-refractivity contribution in [2.45, 2.75) is 0 Å². The van der Waals surface area contributed by atoms with E-state index in [1.54, 1.807) is 18.2 Å². The van der Waals surface area contributed by atoms with Gasteiger partial charge in [0.1, 0.15) is 0 Å². The van der Waals surface area contributed by atoms with Crippen molar-refractivity contribution in [3.8, 4) is 0 Å². The number of hydrogen-bond acceptors (Lipinski definition) is 4. The maximum absolute atomic E-state index is 12.1. The Morgan fingerprint density at radius 3 is 2.42 bits per heavy atom. The number of ether oxygens (including phenoxy) is 1. The number of carboxylic acids is 1. The first-order chi connectivity index (χ1) is 12.6. The molecule has 0 radical (unpaired) electrons. The van der Waals surface area contributed by atoms with E-state index in [9.17, 15) is 9.59 Å². The molecular weight excluding hydrogens is 330 g/mol. The van der Waals surface area contributed by atoms with Gasteiger partial charge in [0.15, 0.2) is 5.70 Å². The summed E-state index contributed by atoms with van der Waals surface area (Å²) in [5.74, 6) is -1.27. The number of esters is 1. The van der Waals surface area contributed by atoms with Gasteiger partial charge in [-0.25, -0.2) is 14.6 Å². The van der Waals surface area contributed by atoms with E-state index in [0.29, 0.717) is 5.56 Å². The van der Waals surface area contributed by atoms with Gasteiger partial charge in [-0.1, -0.05) is 42.5 Å². The van der Waals surface area contributed by atoms with Crippen LogP contribution in [0.3, 0.4) is 0 Å². The standard InChI is InChI=1S/C21H13NO4/c23-20(24)15-7-5-13(6-8-15)11-18-21(25)26-19(22-18)17-10-9-14-3-1-2-4-16(14)12-17/h1-12H,(H,23,24)/b18-11-. The largest absolute Gasteiger partial charge is 0.478 e. The van der Waals surface area contributed by atoms with Gasteiger partial charge in [0.05, 0.1) is 5.56 Å². The SMILES string of the molecule is O=C1OC(c2ccc3ccccc3c2)=N/C1=C\c1ccc(C(=O)O)cc1. The van der Waals surface area contributed by atoms with Crippen molar-refractivity contribution in [3.05, 3.63) is 89.1 Å². The molecule has 1 heterocycles. The zero-order chi connectivity index (χ0) is 18.1. The zero-order valence-electron chi connectivity index (χ0n) is 13.5. The average molecular weight is 343 g/mol. The molecule has 26 heavy (non-hydrogen) atoms. The maximum atomic E-state index is 12.1. The normalized spacial score (nSPS) is 15.2. The number of carbonyl (C=O) groups excluding carboxylic acids is 1. The van der Waals surface area contributed by atoms with Gasteiger partial charge in [-0.15, -0.1) is 0 Å². The lowest BCUT2D eigenvalue weighted by molar-refractivity contribution is -0.129. The molecule has 0 fully saturated rings. The van der Waals surface area contributed by atoms with Crippen molar-refractivity contribution < 1.29 is 19.4 Å². The number of hydrogen-bond donors (Lipinski definition) is 1. The van der Waals surface area contributed by atoms with E-state index in [0.717, 1.165) is 16.3 Å². The second-order valence-electron chi connectivity index (χ2n) is 5.83. The molecule has 5 nitrogen and oxygen atoms in total. The third-order valence-electron chi connectivity index (χ3n) is 4.08. The summed E-state index contributed by atoms with van der Waals surface area (Å²) >= 11 is 0. The summed E-state index contributed by atoms with van der Waals surface area (Å²) in [7, 11) is 0. The van der Waals surface area contributed by atoms with Crippen molar-refractivity contribution >= 4 is 34.7 Å². The number of aromatic carboxylic acids is 1. The third kappa shape index (κ3) is 2.98. The van der Waals surface area contributed by atoms with Crippen LogP contribution in [0.25, 0.3) is 16.8 Å². The predicted octanol–water partition coefficient (Wildman–Crippen LogP) is 3.88. The molecule has 1 N–H and O–H groups in total. The molecule has 126 valence electrons. The molecule has 4 rings (SSSR count).